The number of pyridine rings is 1. The molecule has 1 amide bonds. The number of thiophene rings is 1. The molecule has 1 unspecified atom stereocenters. The van der Waals surface area contributed by atoms with E-state index in [1.165, 1.54) is 4.70 Å². The molecule has 3 heterocycles. The van der Waals surface area contributed by atoms with Gasteiger partial charge in [-0.15, -0.1) is 11.3 Å². The number of aliphatic hydroxyl groups excluding tert-OH is 1. The number of hydrogen-bond acceptors (Lipinski definition) is 5. The SMILES string of the molecule is O=C(NCc1cc2ccccc2s1)c1ccc(CN2CCCC(CO)C2)[nH]c1=O. The third kappa shape index (κ3) is 4.75. The number of benzene rings is 1. The molecule has 1 atom stereocenters. The van der Waals surface area contributed by atoms with E-state index in [0.29, 0.717) is 19.0 Å². The maximum Gasteiger partial charge on any atom is 0.261 e. The van der Waals surface area contributed by atoms with Crippen molar-refractivity contribution in [3.63, 3.8) is 0 Å². The number of likely N-dealkylation sites (tertiary alicyclic amines) is 1. The first-order chi connectivity index (χ1) is 14.1. The van der Waals surface area contributed by atoms with Gasteiger partial charge in [-0.3, -0.25) is 14.5 Å². The molecule has 1 aliphatic heterocycles. The topological polar surface area (TPSA) is 85.4 Å². The molecular weight excluding hydrogens is 386 g/mol. The highest BCUT2D eigenvalue weighted by atomic mass is 32.1. The first-order valence-corrected chi connectivity index (χ1v) is 10.7. The molecule has 6 nitrogen and oxygen atoms in total. The van der Waals surface area contributed by atoms with Crippen molar-refractivity contribution in [2.24, 2.45) is 5.92 Å². The van der Waals surface area contributed by atoms with Crippen molar-refractivity contribution in [1.82, 2.24) is 15.2 Å². The highest BCUT2D eigenvalue weighted by Gasteiger charge is 2.20. The van der Waals surface area contributed by atoms with Crippen molar-refractivity contribution >= 4 is 27.3 Å². The fourth-order valence-electron chi connectivity index (χ4n) is 3.86. The maximum absolute atomic E-state index is 12.5. The quantitative estimate of drug-likeness (QED) is 0.582. The molecule has 0 spiro atoms. The van der Waals surface area contributed by atoms with E-state index in [1.807, 2.05) is 18.2 Å². The summed E-state index contributed by atoms with van der Waals surface area (Å²) in [5.41, 5.74) is 0.545. The number of piperidine rings is 1. The van der Waals surface area contributed by atoms with Gasteiger partial charge in [0.1, 0.15) is 5.56 Å². The summed E-state index contributed by atoms with van der Waals surface area (Å²) < 4.78 is 1.18. The van der Waals surface area contributed by atoms with Crippen molar-refractivity contribution in [3.8, 4) is 0 Å². The van der Waals surface area contributed by atoms with Crippen molar-refractivity contribution in [2.75, 3.05) is 19.7 Å². The number of carbonyl (C=O) groups excluding carboxylic acids is 1. The summed E-state index contributed by atoms with van der Waals surface area (Å²) >= 11 is 1.64. The summed E-state index contributed by atoms with van der Waals surface area (Å²) in [6, 6.07) is 13.6. The van der Waals surface area contributed by atoms with Gasteiger partial charge in [0.15, 0.2) is 0 Å². The third-order valence-corrected chi connectivity index (χ3v) is 6.49. The summed E-state index contributed by atoms with van der Waals surface area (Å²) in [5.74, 6) is -0.0667. The molecule has 0 aliphatic carbocycles. The molecule has 1 saturated heterocycles. The van der Waals surface area contributed by atoms with E-state index < -0.39 is 0 Å². The van der Waals surface area contributed by atoms with Crippen LogP contribution < -0.4 is 10.9 Å². The Morgan fingerprint density at radius 3 is 2.93 bits per heavy atom. The van der Waals surface area contributed by atoms with Crippen LogP contribution in [0, 0.1) is 5.92 Å². The average molecular weight is 412 g/mol. The van der Waals surface area contributed by atoms with Gasteiger partial charge in [0.05, 0.1) is 6.54 Å². The molecule has 152 valence electrons. The predicted octanol–water partition coefficient (Wildman–Crippen LogP) is 2.72. The van der Waals surface area contributed by atoms with Gasteiger partial charge in [-0.25, -0.2) is 0 Å². The number of fused-ring (bicyclic) bond motifs is 1. The van der Waals surface area contributed by atoms with E-state index in [1.54, 1.807) is 23.5 Å². The Labute approximate surface area is 173 Å². The van der Waals surface area contributed by atoms with Crippen LogP contribution in [0.5, 0.6) is 0 Å². The number of aromatic nitrogens is 1. The monoisotopic (exact) mass is 411 g/mol. The second-order valence-electron chi connectivity index (χ2n) is 7.59. The zero-order valence-electron chi connectivity index (χ0n) is 16.2. The van der Waals surface area contributed by atoms with Crippen molar-refractivity contribution in [1.29, 1.82) is 0 Å². The number of carbonyl (C=O) groups is 1. The number of rotatable bonds is 6. The molecule has 4 rings (SSSR count). The lowest BCUT2D eigenvalue weighted by Crippen LogP contribution is -2.37. The fourth-order valence-corrected chi connectivity index (χ4v) is 4.86. The molecule has 1 aromatic carbocycles. The number of hydrogen-bond donors (Lipinski definition) is 3. The second-order valence-corrected chi connectivity index (χ2v) is 8.75. The molecule has 0 bridgehead atoms. The van der Waals surface area contributed by atoms with Crippen LogP contribution in [-0.4, -0.2) is 40.6 Å². The highest BCUT2D eigenvalue weighted by molar-refractivity contribution is 7.19. The minimum Gasteiger partial charge on any atom is -0.396 e. The van der Waals surface area contributed by atoms with Crippen LogP contribution >= 0.6 is 11.3 Å². The Hall–Kier alpha value is -2.48. The Morgan fingerprint density at radius 1 is 1.28 bits per heavy atom. The minimum atomic E-state index is -0.368. The number of aromatic amines is 1. The number of aliphatic hydroxyl groups is 1. The van der Waals surface area contributed by atoms with Gasteiger partial charge in [-0.2, -0.15) is 0 Å². The first-order valence-electron chi connectivity index (χ1n) is 9.93. The van der Waals surface area contributed by atoms with Crippen LogP contribution in [0.15, 0.2) is 47.3 Å². The van der Waals surface area contributed by atoms with Crippen molar-refractivity contribution in [3.05, 3.63) is 69.0 Å². The standard InChI is InChI=1S/C22H25N3O3S/c26-14-15-4-3-9-25(12-15)13-17-7-8-19(22(28)24-17)21(27)23-11-18-10-16-5-1-2-6-20(16)29-18/h1-2,5-8,10,15,26H,3-4,9,11-14H2,(H,23,27)(H,24,28). The zero-order valence-corrected chi connectivity index (χ0v) is 17.0. The number of H-pyrrole nitrogens is 1. The van der Waals surface area contributed by atoms with Crippen LogP contribution in [0.4, 0.5) is 0 Å². The van der Waals surface area contributed by atoms with Crippen LogP contribution in [0.1, 0.15) is 33.8 Å². The number of nitrogens with zero attached hydrogens (tertiary/aromatic N) is 1. The lowest BCUT2D eigenvalue weighted by molar-refractivity contribution is 0.0949. The third-order valence-electron chi connectivity index (χ3n) is 5.37. The molecule has 3 aromatic rings. The van der Waals surface area contributed by atoms with Gasteiger partial charge < -0.3 is 15.4 Å². The first kappa shape index (κ1) is 19.8. The van der Waals surface area contributed by atoms with Crippen LogP contribution in [0.3, 0.4) is 0 Å². The smallest absolute Gasteiger partial charge is 0.261 e. The predicted molar refractivity (Wildman–Crippen MR) is 115 cm³/mol. The fraction of sp³-hybridized carbons (Fsp3) is 0.364. The molecule has 2 aromatic heterocycles. The normalized spacial score (nSPS) is 17.5. The number of nitrogens with one attached hydrogen (secondary N) is 2. The molecule has 0 radical (unpaired) electrons. The second kappa shape index (κ2) is 8.90. The minimum absolute atomic E-state index is 0.127. The largest absolute Gasteiger partial charge is 0.396 e. The lowest BCUT2D eigenvalue weighted by atomic mass is 9.99. The van der Waals surface area contributed by atoms with Gasteiger partial charge >= 0.3 is 0 Å². The molecular formula is C22H25N3O3S. The average Bonchev–Trinajstić information content (AvgIpc) is 3.15. The molecule has 29 heavy (non-hydrogen) atoms. The molecule has 1 aliphatic rings. The molecule has 3 N–H and O–H groups in total. The van der Waals surface area contributed by atoms with Crippen LogP contribution in [-0.2, 0) is 13.1 Å². The summed E-state index contributed by atoms with van der Waals surface area (Å²) in [4.78, 5) is 31.0. The van der Waals surface area contributed by atoms with Gasteiger partial charge in [-0.1, -0.05) is 18.2 Å². The Balaban J connectivity index is 1.38. The molecule has 7 heteroatoms. The lowest BCUT2D eigenvalue weighted by Gasteiger charge is -2.31. The van der Waals surface area contributed by atoms with Crippen LogP contribution in [0.25, 0.3) is 10.1 Å². The van der Waals surface area contributed by atoms with E-state index in [4.69, 9.17) is 0 Å². The van der Waals surface area contributed by atoms with E-state index in [2.05, 4.69) is 27.3 Å². The van der Waals surface area contributed by atoms with Crippen molar-refractivity contribution < 1.29 is 9.90 Å². The van der Waals surface area contributed by atoms with E-state index in [0.717, 1.165) is 41.9 Å². The summed E-state index contributed by atoms with van der Waals surface area (Å²) in [5, 5.41) is 13.4. The van der Waals surface area contributed by atoms with Gasteiger partial charge in [-0.05, 0) is 55.0 Å². The van der Waals surface area contributed by atoms with Crippen molar-refractivity contribution in [2.45, 2.75) is 25.9 Å². The summed E-state index contributed by atoms with van der Waals surface area (Å²) in [6.45, 7) is 3.00. The maximum atomic E-state index is 12.5. The molecule has 1 fully saturated rings. The van der Waals surface area contributed by atoms with Gasteiger partial charge in [0.25, 0.3) is 11.5 Å². The van der Waals surface area contributed by atoms with Gasteiger partial charge in [0.2, 0.25) is 0 Å². The van der Waals surface area contributed by atoms with Gasteiger partial charge in [0, 0.05) is 35.0 Å². The summed E-state index contributed by atoms with van der Waals surface area (Å²) in [6.07, 6.45) is 2.09. The summed E-state index contributed by atoms with van der Waals surface area (Å²) in [7, 11) is 0. The highest BCUT2D eigenvalue weighted by Crippen LogP contribution is 2.25. The zero-order chi connectivity index (χ0) is 20.2. The molecule has 0 saturated carbocycles. The van der Waals surface area contributed by atoms with Crippen LogP contribution in [0.2, 0.25) is 0 Å². The Morgan fingerprint density at radius 2 is 2.14 bits per heavy atom. The van der Waals surface area contributed by atoms with E-state index >= 15 is 0 Å². The van der Waals surface area contributed by atoms with E-state index in [-0.39, 0.29) is 23.6 Å². The van der Waals surface area contributed by atoms with E-state index in [9.17, 15) is 14.7 Å². The Kier molecular flexibility index (Phi) is 6.08. The number of amides is 1. The Bertz CT molecular complexity index is 1030.